The standard InChI is InChI=1S/C102H64S4/c1-101(2)85-50-41-60(92-70-28-11-13-30-72(70)93(73-31-14-12-29-71(73)92)61-42-51-90-83(54-61)68-27-16-19-36-88(68)103-90)53-82(85)75-47-48-77-74(96(75)101)46-49-78-76-34-21-33-64(98(76)106-99(77)78)57-39-44-79-84(52-57)97-94(95-81-32-17-20-37-89(81)105-100(79)95)80-45-40-58(55-86(80)102(97,3)4)62-22-7-5-6-8-23-63(66-25-10-9-24-65(62)66)59-38-43-69-67-26-15-18-35-87(67)104-91(69)56-59/h5-56H,1-4H3. The highest BCUT2D eigenvalue weighted by molar-refractivity contribution is 7.28. The second-order valence-electron chi connectivity index (χ2n) is 30.3. The number of hydrogen-bond donors (Lipinski definition) is 0. The van der Waals surface area contributed by atoms with Crippen molar-refractivity contribution in [2.45, 2.75) is 38.5 Å². The van der Waals surface area contributed by atoms with E-state index in [0.717, 1.165) is 0 Å². The van der Waals surface area contributed by atoms with Gasteiger partial charge in [-0.05, 0) is 209 Å². The molecule has 23 rings (SSSR count). The zero-order valence-electron chi connectivity index (χ0n) is 58.7. The second-order valence-corrected chi connectivity index (χ2v) is 34.6. The summed E-state index contributed by atoms with van der Waals surface area (Å²) < 4.78 is 10.6. The summed E-state index contributed by atoms with van der Waals surface area (Å²) in [7, 11) is 0. The first-order valence-electron chi connectivity index (χ1n) is 36.8. The molecule has 2 aliphatic rings. The topological polar surface area (TPSA) is 0 Å². The van der Waals surface area contributed by atoms with E-state index in [-0.39, 0.29) is 10.8 Å². The molecule has 4 heteroatoms. The van der Waals surface area contributed by atoms with Gasteiger partial charge in [0.1, 0.15) is 0 Å². The minimum Gasteiger partial charge on any atom is -0.135 e. The third-order valence-corrected chi connectivity index (χ3v) is 28.8. The van der Waals surface area contributed by atoms with E-state index >= 15 is 0 Å². The van der Waals surface area contributed by atoms with Crippen molar-refractivity contribution in [2.24, 2.45) is 0 Å². The molecular weight excluding hydrogens is 1350 g/mol. The molecule has 0 spiro atoms. The van der Waals surface area contributed by atoms with E-state index < -0.39 is 0 Å². The van der Waals surface area contributed by atoms with Gasteiger partial charge in [0.2, 0.25) is 0 Å². The number of thiophene rings is 4. The third-order valence-electron chi connectivity index (χ3n) is 24.0. The van der Waals surface area contributed by atoms with Crippen LogP contribution in [0.3, 0.4) is 0 Å². The molecule has 4 heterocycles. The Labute approximate surface area is 628 Å². The van der Waals surface area contributed by atoms with Gasteiger partial charge in [0.25, 0.3) is 0 Å². The second kappa shape index (κ2) is 22.5. The molecule has 496 valence electrons. The molecular formula is C102H64S4. The number of rotatable bonds is 5. The molecule has 0 unspecified atom stereocenters. The fraction of sp³-hybridized carbons (Fsp3) is 0.0588. The fourth-order valence-electron chi connectivity index (χ4n) is 19.3. The Bertz CT molecular complexity index is 7530. The van der Waals surface area contributed by atoms with Gasteiger partial charge in [-0.15, -0.1) is 45.3 Å². The van der Waals surface area contributed by atoms with Gasteiger partial charge < -0.3 is 0 Å². The van der Waals surface area contributed by atoms with Crippen molar-refractivity contribution in [1.82, 2.24) is 0 Å². The van der Waals surface area contributed by atoms with Gasteiger partial charge in [-0.3, -0.25) is 0 Å². The third kappa shape index (κ3) is 8.55. The zero-order chi connectivity index (χ0) is 70.0. The highest BCUT2D eigenvalue weighted by Gasteiger charge is 2.41. The SMILES string of the molecule is CC1(C)c2ccc(-c3c4ccccc4c(-c4ccc5sc6ccccc6c5c4)c4ccccc34)cc2-c2ccc3c(ccc4c5cccc(-c6ccc7c(c6)c6c(c8c9ccccc9sc78)-c7ccc(-c8ccccccc(-c9ccc%10c(c9)sc9ccccc9%10)c9ccccc89)cc7C6(C)C)c5sc34)c21. The maximum atomic E-state index is 2.57. The molecule has 0 atom stereocenters. The van der Waals surface area contributed by atoms with Crippen LogP contribution in [-0.2, 0) is 10.8 Å². The Morgan fingerprint density at radius 3 is 1.32 bits per heavy atom. The summed E-state index contributed by atoms with van der Waals surface area (Å²) in [5, 5.41) is 23.5. The van der Waals surface area contributed by atoms with E-state index in [1.54, 1.807) is 0 Å². The molecule has 21 aromatic rings. The average Bonchev–Trinajstić information content (AvgIpc) is 1.52. The largest absolute Gasteiger partial charge is 0.135 e. The van der Waals surface area contributed by atoms with Gasteiger partial charge in [0.15, 0.2) is 0 Å². The summed E-state index contributed by atoms with van der Waals surface area (Å²) in [6.45, 7) is 9.88. The average molecular weight is 1420 g/mol. The Hall–Kier alpha value is -11.6. The molecule has 0 radical (unpaired) electrons. The van der Waals surface area contributed by atoms with Crippen molar-refractivity contribution in [3.8, 4) is 77.9 Å². The first kappa shape index (κ1) is 60.8. The van der Waals surface area contributed by atoms with Crippen molar-refractivity contribution in [2.75, 3.05) is 0 Å². The lowest BCUT2D eigenvalue weighted by Crippen LogP contribution is -2.15. The lowest BCUT2D eigenvalue weighted by Gasteiger charge is -2.24. The zero-order valence-corrected chi connectivity index (χ0v) is 61.9. The van der Waals surface area contributed by atoms with Crippen LogP contribution in [0.4, 0.5) is 0 Å². The van der Waals surface area contributed by atoms with Crippen molar-refractivity contribution >= 4 is 180 Å². The van der Waals surface area contributed by atoms with Crippen LogP contribution in [0, 0.1) is 0 Å². The molecule has 0 aliphatic heterocycles. The fourth-order valence-corrected chi connectivity index (χ4v) is 24.2. The first-order chi connectivity index (χ1) is 52.1. The van der Waals surface area contributed by atoms with Crippen molar-refractivity contribution < 1.29 is 0 Å². The highest BCUT2D eigenvalue weighted by atomic mass is 32.1. The summed E-state index contributed by atoms with van der Waals surface area (Å²) in [6, 6.07) is 121. The highest BCUT2D eigenvalue weighted by Crippen LogP contribution is 2.60. The van der Waals surface area contributed by atoms with Gasteiger partial charge in [-0.2, -0.15) is 0 Å². The predicted molar refractivity (Wildman–Crippen MR) is 465 cm³/mol. The first-order valence-corrected chi connectivity index (χ1v) is 40.1. The Morgan fingerprint density at radius 1 is 0.189 bits per heavy atom. The molecule has 4 aromatic heterocycles. The monoisotopic (exact) mass is 1420 g/mol. The van der Waals surface area contributed by atoms with Crippen LogP contribution >= 0.6 is 45.3 Å². The Kier molecular flexibility index (Phi) is 12.9. The van der Waals surface area contributed by atoms with Crippen LogP contribution in [0.15, 0.2) is 315 Å². The lowest BCUT2D eigenvalue weighted by molar-refractivity contribution is 0.666. The van der Waals surface area contributed by atoms with Gasteiger partial charge in [-0.25, -0.2) is 0 Å². The maximum Gasteiger partial charge on any atom is 0.0440 e. The summed E-state index contributed by atoms with van der Waals surface area (Å²) in [6.07, 6.45) is 0. The van der Waals surface area contributed by atoms with Gasteiger partial charge in [-0.1, -0.05) is 289 Å². The minimum atomic E-state index is -0.350. The molecule has 0 saturated carbocycles. The Morgan fingerprint density at radius 2 is 0.623 bits per heavy atom. The van der Waals surface area contributed by atoms with E-state index in [9.17, 15) is 0 Å². The normalized spacial score (nSPS) is 13.6. The number of fused-ring (bicyclic) bond motifs is 28. The molecule has 2 aliphatic carbocycles. The van der Waals surface area contributed by atoms with Crippen molar-refractivity contribution in [3.05, 3.63) is 338 Å². The lowest BCUT2D eigenvalue weighted by atomic mass is 9.78. The van der Waals surface area contributed by atoms with Gasteiger partial charge >= 0.3 is 0 Å². The van der Waals surface area contributed by atoms with Crippen LogP contribution in [0.25, 0.3) is 212 Å². The van der Waals surface area contributed by atoms with E-state index in [1.165, 1.54) is 235 Å². The minimum absolute atomic E-state index is 0.235. The van der Waals surface area contributed by atoms with Crippen LogP contribution in [0.5, 0.6) is 0 Å². The number of hydrogen-bond acceptors (Lipinski definition) is 4. The van der Waals surface area contributed by atoms with E-state index in [1.807, 2.05) is 45.3 Å². The molecule has 106 heavy (non-hydrogen) atoms. The van der Waals surface area contributed by atoms with Crippen molar-refractivity contribution in [1.29, 1.82) is 0 Å². The molecule has 0 bridgehead atoms. The quantitative estimate of drug-likeness (QED) is 0.151. The van der Waals surface area contributed by atoms with E-state index in [0.29, 0.717) is 0 Å². The van der Waals surface area contributed by atoms with Crippen LogP contribution in [0.2, 0.25) is 0 Å². The molecule has 17 aromatic carbocycles. The van der Waals surface area contributed by atoms with E-state index in [4.69, 9.17) is 0 Å². The molecule has 0 saturated heterocycles. The van der Waals surface area contributed by atoms with Gasteiger partial charge in [0, 0.05) is 91.5 Å². The van der Waals surface area contributed by atoms with Crippen LogP contribution in [-0.4, -0.2) is 0 Å². The van der Waals surface area contributed by atoms with Crippen molar-refractivity contribution in [3.63, 3.8) is 0 Å². The smallest absolute Gasteiger partial charge is 0.0440 e. The molecule has 0 N–H and O–H groups in total. The molecule has 0 amide bonds. The summed E-state index contributed by atoms with van der Waals surface area (Å²) >= 11 is 7.68. The maximum absolute atomic E-state index is 2.57. The summed E-state index contributed by atoms with van der Waals surface area (Å²) in [5.74, 6) is 0. The van der Waals surface area contributed by atoms with Crippen LogP contribution < -0.4 is 0 Å². The number of benzene rings is 16. The van der Waals surface area contributed by atoms with Crippen LogP contribution in [0.1, 0.15) is 49.9 Å². The Balaban J connectivity index is 0.653. The van der Waals surface area contributed by atoms with Gasteiger partial charge in [0.05, 0.1) is 0 Å². The van der Waals surface area contributed by atoms with E-state index in [2.05, 4.69) is 343 Å². The predicted octanol–water partition coefficient (Wildman–Crippen LogP) is 31.0. The molecule has 0 nitrogen and oxygen atoms in total. The summed E-state index contributed by atoms with van der Waals surface area (Å²) in [5.41, 5.74) is 22.8. The molecule has 0 fully saturated rings. The summed E-state index contributed by atoms with van der Waals surface area (Å²) in [4.78, 5) is 0.